The standard InChI is InChI=1S/C49H35N3S/c50-42(36-15-6-2-7-16-36)31-43(37-17-8-3-9-18-37)51-52-44-27-24-35-14-10-11-19-39(35)47(44)48-45(52)28-26-40-41-30-38(25-29-46(41)53-49(40)48)34-22-20-33(21-23-34)32-12-4-1-5-13-32/h2-4,6-31,50-51H,1,5H2/b43-31-,50-42?. The summed E-state index contributed by atoms with van der Waals surface area (Å²) >= 11 is 1.87. The predicted molar refractivity (Wildman–Crippen MR) is 229 cm³/mol. The molecule has 7 aromatic carbocycles. The fourth-order valence-corrected chi connectivity index (χ4v) is 9.07. The van der Waals surface area contributed by atoms with Gasteiger partial charge in [-0.2, -0.15) is 0 Å². The number of hydrogen-bond donors (Lipinski definition) is 2. The van der Waals surface area contributed by atoms with Crippen LogP contribution < -0.4 is 5.43 Å². The van der Waals surface area contributed by atoms with E-state index in [0.29, 0.717) is 5.71 Å². The zero-order valence-electron chi connectivity index (χ0n) is 29.0. The van der Waals surface area contributed by atoms with E-state index < -0.39 is 0 Å². The monoisotopic (exact) mass is 697 g/mol. The number of aromatic nitrogens is 1. The van der Waals surface area contributed by atoms with Gasteiger partial charge in [0, 0.05) is 30.9 Å². The second-order valence-electron chi connectivity index (χ2n) is 13.7. The summed E-state index contributed by atoms with van der Waals surface area (Å²) in [5, 5.41) is 16.5. The molecule has 0 radical (unpaired) electrons. The minimum atomic E-state index is 0.448. The average molecular weight is 698 g/mol. The summed E-state index contributed by atoms with van der Waals surface area (Å²) in [4.78, 5) is 0. The Labute approximate surface area is 311 Å². The highest BCUT2D eigenvalue weighted by atomic mass is 32.1. The van der Waals surface area contributed by atoms with Crippen molar-refractivity contribution in [1.29, 1.82) is 5.41 Å². The van der Waals surface area contributed by atoms with Gasteiger partial charge in [-0.05, 0) is 87.3 Å². The minimum Gasteiger partial charge on any atom is -0.300 e. The lowest BCUT2D eigenvalue weighted by molar-refractivity contribution is 1.04. The smallest absolute Gasteiger partial charge is 0.0724 e. The Kier molecular flexibility index (Phi) is 7.63. The van der Waals surface area contributed by atoms with Crippen LogP contribution in [0, 0.1) is 5.41 Å². The molecule has 2 heterocycles. The van der Waals surface area contributed by atoms with Crippen molar-refractivity contribution in [3.8, 4) is 11.1 Å². The first kappa shape index (κ1) is 31.3. The number of rotatable bonds is 7. The van der Waals surface area contributed by atoms with Gasteiger partial charge in [-0.3, -0.25) is 10.1 Å². The Morgan fingerprint density at radius 3 is 2.09 bits per heavy atom. The summed E-state index contributed by atoms with van der Waals surface area (Å²) in [6.07, 6.45) is 11.0. The van der Waals surface area contributed by atoms with Crippen LogP contribution in [0.3, 0.4) is 0 Å². The first-order chi connectivity index (χ1) is 26.2. The molecule has 1 aliphatic rings. The third-order valence-corrected chi connectivity index (χ3v) is 11.7. The molecule has 53 heavy (non-hydrogen) atoms. The molecule has 4 heteroatoms. The maximum absolute atomic E-state index is 9.05. The maximum atomic E-state index is 9.05. The van der Waals surface area contributed by atoms with Crippen molar-refractivity contribution in [2.45, 2.75) is 12.8 Å². The number of hydrogen-bond acceptors (Lipinski definition) is 3. The lowest BCUT2D eigenvalue weighted by Gasteiger charge is -2.16. The third-order valence-electron chi connectivity index (χ3n) is 10.5. The molecule has 2 N–H and O–H groups in total. The van der Waals surface area contributed by atoms with Crippen LogP contribution in [0.25, 0.3) is 75.1 Å². The van der Waals surface area contributed by atoms with Crippen LogP contribution in [0.15, 0.2) is 176 Å². The van der Waals surface area contributed by atoms with E-state index in [9.17, 15) is 0 Å². The van der Waals surface area contributed by atoms with Gasteiger partial charge in [0.25, 0.3) is 0 Å². The van der Waals surface area contributed by atoms with Crippen molar-refractivity contribution >= 4 is 81.1 Å². The Bertz CT molecular complexity index is 2960. The van der Waals surface area contributed by atoms with Crippen LogP contribution in [-0.4, -0.2) is 10.4 Å². The van der Waals surface area contributed by atoms with E-state index in [2.05, 4.69) is 131 Å². The summed E-state index contributed by atoms with van der Waals surface area (Å²) in [5.74, 6) is 0. The van der Waals surface area contributed by atoms with E-state index >= 15 is 0 Å². The molecule has 9 aromatic rings. The second-order valence-corrected chi connectivity index (χ2v) is 14.7. The lowest BCUT2D eigenvalue weighted by Crippen LogP contribution is -2.14. The summed E-state index contributed by atoms with van der Waals surface area (Å²) in [6, 6.07) is 53.9. The molecule has 252 valence electrons. The third kappa shape index (κ3) is 5.47. The first-order valence-corrected chi connectivity index (χ1v) is 19.0. The van der Waals surface area contributed by atoms with Crippen molar-refractivity contribution in [2.75, 3.05) is 5.43 Å². The van der Waals surface area contributed by atoms with Crippen molar-refractivity contribution < 1.29 is 0 Å². The first-order valence-electron chi connectivity index (χ1n) is 18.2. The van der Waals surface area contributed by atoms with E-state index in [0.717, 1.165) is 40.7 Å². The molecule has 1 aliphatic carbocycles. The molecule has 0 spiro atoms. The van der Waals surface area contributed by atoms with Crippen LogP contribution in [0.4, 0.5) is 0 Å². The number of thiophene rings is 1. The zero-order valence-corrected chi connectivity index (χ0v) is 29.8. The van der Waals surface area contributed by atoms with Crippen LogP contribution >= 0.6 is 11.3 Å². The van der Waals surface area contributed by atoms with Gasteiger partial charge in [-0.1, -0.05) is 146 Å². The molecule has 3 nitrogen and oxygen atoms in total. The quantitative estimate of drug-likeness (QED) is 0.160. The largest absolute Gasteiger partial charge is 0.300 e. The highest BCUT2D eigenvalue weighted by molar-refractivity contribution is 7.26. The summed E-state index contributed by atoms with van der Waals surface area (Å²) in [7, 11) is 0. The normalized spacial score (nSPS) is 13.4. The Hall–Kier alpha value is -6.49. The number of nitrogens with one attached hydrogen (secondary N) is 2. The SMILES string of the molecule is N=C(/C=C(\Nn1c2ccc3ccccc3c2c2c3sc4ccc(-c5ccc(C6=CCCC=C6)cc5)cc4c3ccc21)c1ccccc1)c1ccccc1. The fourth-order valence-electron chi connectivity index (χ4n) is 7.84. The molecule has 0 amide bonds. The summed E-state index contributed by atoms with van der Waals surface area (Å²) < 4.78 is 4.79. The second kappa shape index (κ2) is 12.9. The van der Waals surface area contributed by atoms with Gasteiger partial charge in [0.2, 0.25) is 0 Å². The van der Waals surface area contributed by atoms with Crippen LogP contribution in [0.1, 0.15) is 29.5 Å². The highest BCUT2D eigenvalue weighted by Crippen LogP contribution is 2.45. The van der Waals surface area contributed by atoms with E-state index in [1.807, 2.05) is 65.9 Å². The molecule has 0 unspecified atom stereocenters. The Morgan fingerprint density at radius 1 is 0.604 bits per heavy atom. The molecule has 0 atom stereocenters. The molecule has 0 bridgehead atoms. The van der Waals surface area contributed by atoms with Gasteiger partial charge in [-0.25, -0.2) is 0 Å². The maximum Gasteiger partial charge on any atom is 0.0724 e. The van der Waals surface area contributed by atoms with Crippen molar-refractivity contribution in [1.82, 2.24) is 4.68 Å². The number of benzene rings is 7. The van der Waals surface area contributed by atoms with Gasteiger partial charge in [0.05, 0.1) is 22.4 Å². The van der Waals surface area contributed by atoms with Gasteiger partial charge in [0.15, 0.2) is 0 Å². The van der Waals surface area contributed by atoms with E-state index in [4.69, 9.17) is 5.41 Å². The topological polar surface area (TPSA) is 40.8 Å². The fraction of sp³-hybridized carbons (Fsp3) is 0.0408. The van der Waals surface area contributed by atoms with Crippen molar-refractivity contribution in [2.24, 2.45) is 0 Å². The lowest BCUT2D eigenvalue weighted by atomic mass is 9.96. The summed E-state index contributed by atoms with van der Waals surface area (Å²) in [6.45, 7) is 0. The van der Waals surface area contributed by atoms with Gasteiger partial charge in [-0.15, -0.1) is 11.3 Å². The van der Waals surface area contributed by atoms with Gasteiger partial charge < -0.3 is 5.41 Å². The Balaban J connectivity index is 1.16. The molecule has 10 rings (SSSR count). The number of nitrogens with zero attached hydrogens (tertiary/aromatic N) is 1. The molecule has 0 saturated carbocycles. The molecular weight excluding hydrogens is 663 g/mol. The molecular formula is C49H35N3S. The number of allylic oxidation sites excluding steroid dienone is 5. The zero-order chi connectivity index (χ0) is 35.3. The molecule has 0 aliphatic heterocycles. The minimum absolute atomic E-state index is 0.448. The predicted octanol–water partition coefficient (Wildman–Crippen LogP) is 13.4. The van der Waals surface area contributed by atoms with Crippen LogP contribution in [0.5, 0.6) is 0 Å². The van der Waals surface area contributed by atoms with E-state index in [1.165, 1.54) is 64.0 Å². The van der Waals surface area contributed by atoms with Gasteiger partial charge >= 0.3 is 0 Å². The summed E-state index contributed by atoms with van der Waals surface area (Å²) in [5.41, 5.74) is 14.2. The van der Waals surface area contributed by atoms with Crippen LogP contribution in [0.2, 0.25) is 0 Å². The Morgan fingerprint density at radius 2 is 1.30 bits per heavy atom. The van der Waals surface area contributed by atoms with E-state index in [-0.39, 0.29) is 0 Å². The van der Waals surface area contributed by atoms with E-state index in [1.54, 1.807) is 0 Å². The number of fused-ring (bicyclic) bond motifs is 9. The van der Waals surface area contributed by atoms with Gasteiger partial charge in [0.1, 0.15) is 0 Å². The highest BCUT2D eigenvalue weighted by Gasteiger charge is 2.20. The molecule has 2 aromatic heterocycles. The van der Waals surface area contributed by atoms with Crippen molar-refractivity contribution in [3.05, 3.63) is 193 Å². The molecule has 0 fully saturated rings. The average Bonchev–Trinajstić information content (AvgIpc) is 3.77. The van der Waals surface area contributed by atoms with Crippen LogP contribution in [-0.2, 0) is 0 Å². The molecule has 0 saturated heterocycles. The van der Waals surface area contributed by atoms with Crippen molar-refractivity contribution in [3.63, 3.8) is 0 Å².